The number of amides is 1. The number of aromatic nitrogens is 2. The van der Waals surface area contributed by atoms with Gasteiger partial charge in [0.1, 0.15) is 18.0 Å². The van der Waals surface area contributed by atoms with Crippen LogP contribution in [-0.4, -0.2) is 22.4 Å². The Morgan fingerprint density at radius 2 is 1.88 bits per heavy atom. The molecule has 2 heterocycles. The Balaban J connectivity index is 1.57. The quantitative estimate of drug-likeness (QED) is 0.751. The molecule has 0 unspecified atom stereocenters. The molecule has 0 aliphatic carbocycles. The zero-order chi connectivity index (χ0) is 17.9. The lowest BCUT2D eigenvalue weighted by molar-refractivity contribution is -0.114. The molecule has 6 heteroatoms. The van der Waals surface area contributed by atoms with Crippen molar-refractivity contribution in [1.82, 2.24) is 9.97 Å². The summed E-state index contributed by atoms with van der Waals surface area (Å²) in [5.74, 6) is 1.48. The second-order valence-corrected chi connectivity index (χ2v) is 6.18. The van der Waals surface area contributed by atoms with Gasteiger partial charge in [0.15, 0.2) is 0 Å². The molecule has 4 rings (SSSR count). The van der Waals surface area contributed by atoms with E-state index in [0.29, 0.717) is 5.82 Å². The minimum atomic E-state index is -0.0980. The number of rotatable bonds is 4. The summed E-state index contributed by atoms with van der Waals surface area (Å²) in [7, 11) is 0. The van der Waals surface area contributed by atoms with Crippen molar-refractivity contribution in [2.45, 2.75) is 13.3 Å². The summed E-state index contributed by atoms with van der Waals surface area (Å²) in [5.41, 5.74) is 4.13. The van der Waals surface area contributed by atoms with E-state index in [1.54, 1.807) is 6.33 Å². The van der Waals surface area contributed by atoms with Crippen molar-refractivity contribution in [3.63, 3.8) is 0 Å². The molecule has 0 atom stereocenters. The van der Waals surface area contributed by atoms with Crippen LogP contribution in [0.3, 0.4) is 0 Å². The molecule has 3 aromatic rings. The van der Waals surface area contributed by atoms with Crippen LogP contribution in [0.5, 0.6) is 0 Å². The Labute approximate surface area is 151 Å². The molecule has 0 radical (unpaired) electrons. The smallest absolute Gasteiger partial charge is 0.221 e. The number of anilines is 5. The van der Waals surface area contributed by atoms with Crippen LogP contribution >= 0.6 is 0 Å². The van der Waals surface area contributed by atoms with Crippen LogP contribution in [0.2, 0.25) is 0 Å². The lowest BCUT2D eigenvalue weighted by Crippen LogP contribution is -2.15. The van der Waals surface area contributed by atoms with Crippen LogP contribution < -0.4 is 15.5 Å². The first-order valence-electron chi connectivity index (χ1n) is 8.51. The Bertz CT molecular complexity index is 956. The molecule has 6 nitrogen and oxygen atoms in total. The highest BCUT2D eigenvalue weighted by Gasteiger charge is 2.21. The third kappa shape index (κ3) is 3.35. The predicted octanol–water partition coefficient (Wildman–Crippen LogP) is 3.87. The van der Waals surface area contributed by atoms with Gasteiger partial charge in [0.05, 0.1) is 0 Å². The first-order chi connectivity index (χ1) is 12.7. The molecule has 130 valence electrons. The van der Waals surface area contributed by atoms with E-state index in [1.165, 1.54) is 18.2 Å². The van der Waals surface area contributed by atoms with E-state index in [0.717, 1.165) is 30.2 Å². The number of benzene rings is 2. The fraction of sp³-hybridized carbons (Fsp3) is 0.150. The number of para-hydroxylation sites is 1. The normalized spacial score (nSPS) is 12.6. The molecule has 0 saturated heterocycles. The maximum atomic E-state index is 11.2. The van der Waals surface area contributed by atoms with E-state index in [4.69, 9.17) is 0 Å². The average molecular weight is 345 g/mol. The van der Waals surface area contributed by atoms with Crippen molar-refractivity contribution < 1.29 is 4.79 Å². The fourth-order valence-corrected chi connectivity index (χ4v) is 3.17. The van der Waals surface area contributed by atoms with E-state index in [1.807, 2.05) is 36.4 Å². The average Bonchev–Trinajstić information content (AvgIpc) is 3.06. The van der Waals surface area contributed by atoms with E-state index in [-0.39, 0.29) is 5.91 Å². The van der Waals surface area contributed by atoms with Crippen LogP contribution in [0.15, 0.2) is 60.9 Å². The maximum Gasteiger partial charge on any atom is 0.221 e. The molecule has 0 saturated carbocycles. The van der Waals surface area contributed by atoms with E-state index in [9.17, 15) is 4.79 Å². The van der Waals surface area contributed by atoms with Gasteiger partial charge in [-0.1, -0.05) is 24.3 Å². The van der Waals surface area contributed by atoms with Crippen LogP contribution in [-0.2, 0) is 11.2 Å². The molecule has 26 heavy (non-hydrogen) atoms. The van der Waals surface area contributed by atoms with Crippen molar-refractivity contribution in [2.24, 2.45) is 0 Å². The fourth-order valence-electron chi connectivity index (χ4n) is 3.17. The Kier molecular flexibility index (Phi) is 4.23. The maximum absolute atomic E-state index is 11.2. The molecule has 0 bridgehead atoms. The van der Waals surface area contributed by atoms with Crippen LogP contribution in [0.25, 0.3) is 0 Å². The number of nitrogens with one attached hydrogen (secondary N) is 2. The number of carbonyl (C=O) groups excluding carboxylic acids is 1. The summed E-state index contributed by atoms with van der Waals surface area (Å²) < 4.78 is 0. The van der Waals surface area contributed by atoms with Gasteiger partial charge in [0.25, 0.3) is 0 Å². The predicted molar refractivity (Wildman–Crippen MR) is 103 cm³/mol. The Morgan fingerprint density at radius 3 is 2.77 bits per heavy atom. The highest BCUT2D eigenvalue weighted by atomic mass is 16.1. The number of carbonyl (C=O) groups is 1. The zero-order valence-corrected chi connectivity index (χ0v) is 14.4. The lowest BCUT2D eigenvalue weighted by atomic mass is 10.2. The molecular formula is C20H19N5O. The summed E-state index contributed by atoms with van der Waals surface area (Å²) in [6, 6.07) is 17.9. The molecule has 1 aliphatic rings. The van der Waals surface area contributed by atoms with Crippen LogP contribution in [0.1, 0.15) is 12.5 Å². The second-order valence-electron chi connectivity index (χ2n) is 6.18. The molecule has 1 aromatic heterocycles. The summed E-state index contributed by atoms with van der Waals surface area (Å²) in [6.45, 7) is 2.40. The van der Waals surface area contributed by atoms with Gasteiger partial charge in [-0.25, -0.2) is 9.97 Å². The Hall–Kier alpha value is -3.41. The van der Waals surface area contributed by atoms with Gasteiger partial charge in [-0.05, 0) is 36.2 Å². The van der Waals surface area contributed by atoms with Crippen molar-refractivity contribution in [3.8, 4) is 0 Å². The van der Waals surface area contributed by atoms with E-state index >= 15 is 0 Å². The largest absolute Gasteiger partial charge is 0.340 e. The molecule has 2 N–H and O–H groups in total. The minimum Gasteiger partial charge on any atom is -0.340 e. The Morgan fingerprint density at radius 1 is 1.04 bits per heavy atom. The standard InChI is InChI=1S/C20H19N5O/c1-14(26)23-16-6-4-7-17(11-16)24-19-12-20(22-13-21-19)25-10-9-15-5-2-3-8-18(15)25/h2-8,11-13H,9-10H2,1H3,(H,23,26)(H,21,22,24). The van der Waals surface area contributed by atoms with E-state index in [2.05, 4.69) is 43.7 Å². The van der Waals surface area contributed by atoms with Crippen molar-refractivity contribution in [2.75, 3.05) is 22.1 Å². The molecule has 2 aromatic carbocycles. The molecule has 1 aliphatic heterocycles. The van der Waals surface area contributed by atoms with Crippen molar-refractivity contribution >= 4 is 34.6 Å². The summed E-state index contributed by atoms with van der Waals surface area (Å²) in [4.78, 5) is 22.2. The molecule has 0 fully saturated rings. The third-order valence-corrected chi connectivity index (χ3v) is 4.27. The highest BCUT2D eigenvalue weighted by molar-refractivity contribution is 5.89. The summed E-state index contributed by atoms with van der Waals surface area (Å²) in [6.07, 6.45) is 2.58. The zero-order valence-electron chi connectivity index (χ0n) is 14.4. The van der Waals surface area contributed by atoms with Gasteiger partial charge >= 0.3 is 0 Å². The number of fused-ring (bicyclic) bond motifs is 1. The van der Waals surface area contributed by atoms with Gasteiger partial charge in [0, 0.05) is 36.6 Å². The first-order valence-corrected chi connectivity index (χ1v) is 8.51. The summed E-state index contributed by atoms with van der Waals surface area (Å²) >= 11 is 0. The number of hydrogen-bond acceptors (Lipinski definition) is 5. The second kappa shape index (κ2) is 6.84. The van der Waals surface area contributed by atoms with E-state index < -0.39 is 0 Å². The monoisotopic (exact) mass is 345 g/mol. The van der Waals surface area contributed by atoms with Gasteiger partial charge in [-0.2, -0.15) is 0 Å². The first kappa shape index (κ1) is 16.1. The summed E-state index contributed by atoms with van der Waals surface area (Å²) in [5, 5.41) is 6.05. The molecular weight excluding hydrogens is 326 g/mol. The number of hydrogen-bond donors (Lipinski definition) is 2. The van der Waals surface area contributed by atoms with Crippen molar-refractivity contribution in [3.05, 3.63) is 66.5 Å². The molecule has 0 spiro atoms. The van der Waals surface area contributed by atoms with Crippen LogP contribution in [0, 0.1) is 0 Å². The lowest BCUT2D eigenvalue weighted by Gasteiger charge is -2.18. The topological polar surface area (TPSA) is 70.2 Å². The number of nitrogens with zero attached hydrogens (tertiary/aromatic N) is 3. The molecule has 1 amide bonds. The van der Waals surface area contributed by atoms with Gasteiger partial charge < -0.3 is 15.5 Å². The SMILES string of the molecule is CC(=O)Nc1cccc(Nc2cc(N3CCc4ccccc43)ncn2)c1. The van der Waals surface area contributed by atoms with Gasteiger partial charge in [-0.3, -0.25) is 4.79 Å². The van der Waals surface area contributed by atoms with Gasteiger partial charge in [0.2, 0.25) is 5.91 Å². The van der Waals surface area contributed by atoms with Crippen molar-refractivity contribution in [1.29, 1.82) is 0 Å². The van der Waals surface area contributed by atoms with Crippen LogP contribution in [0.4, 0.5) is 28.7 Å². The third-order valence-electron chi connectivity index (χ3n) is 4.27. The minimum absolute atomic E-state index is 0.0980. The van der Waals surface area contributed by atoms with Gasteiger partial charge in [-0.15, -0.1) is 0 Å². The highest BCUT2D eigenvalue weighted by Crippen LogP contribution is 2.33.